The number of amides is 2. The summed E-state index contributed by atoms with van der Waals surface area (Å²) in [7, 11) is 1.67. The second-order valence-corrected chi connectivity index (χ2v) is 6.18. The molecule has 134 valence electrons. The molecule has 0 aliphatic carbocycles. The maximum Gasteiger partial charge on any atom is 0.317 e. The summed E-state index contributed by atoms with van der Waals surface area (Å²) in [6, 6.07) is 8.07. The van der Waals surface area contributed by atoms with Gasteiger partial charge in [-0.05, 0) is 44.5 Å². The molecule has 1 aliphatic heterocycles. The Balaban J connectivity index is 1.68. The second kappa shape index (κ2) is 9.37. The van der Waals surface area contributed by atoms with Crippen LogP contribution in [0.25, 0.3) is 0 Å². The number of nitrogens with zero attached hydrogens (tertiary/aromatic N) is 2. The summed E-state index contributed by atoms with van der Waals surface area (Å²) < 4.78 is 10.7. The van der Waals surface area contributed by atoms with Crippen LogP contribution in [0.4, 0.5) is 10.5 Å². The van der Waals surface area contributed by atoms with Gasteiger partial charge in [-0.15, -0.1) is 0 Å². The van der Waals surface area contributed by atoms with Crippen LogP contribution in [0.3, 0.4) is 0 Å². The van der Waals surface area contributed by atoms with Crippen molar-refractivity contribution in [2.45, 2.75) is 26.4 Å². The summed E-state index contributed by atoms with van der Waals surface area (Å²) in [6.45, 7) is 8.53. The molecule has 0 saturated carbocycles. The first-order valence-corrected chi connectivity index (χ1v) is 8.63. The number of urea groups is 1. The van der Waals surface area contributed by atoms with Crippen LogP contribution >= 0.6 is 0 Å². The van der Waals surface area contributed by atoms with E-state index in [2.05, 4.69) is 22.3 Å². The molecule has 6 nitrogen and oxygen atoms in total. The van der Waals surface area contributed by atoms with E-state index in [9.17, 15) is 4.79 Å². The fourth-order valence-electron chi connectivity index (χ4n) is 2.66. The van der Waals surface area contributed by atoms with Crippen molar-refractivity contribution in [1.29, 1.82) is 0 Å². The normalized spacial score (nSPS) is 14.8. The van der Waals surface area contributed by atoms with E-state index in [1.54, 1.807) is 7.11 Å². The molecule has 1 heterocycles. The Kier molecular flexibility index (Phi) is 7.18. The molecule has 1 aromatic rings. The topological polar surface area (TPSA) is 54.0 Å². The summed E-state index contributed by atoms with van der Waals surface area (Å²) in [4.78, 5) is 16.3. The highest BCUT2D eigenvalue weighted by Gasteiger charge is 2.20. The fraction of sp³-hybridized carbons (Fsp3) is 0.611. The Labute approximate surface area is 144 Å². The van der Waals surface area contributed by atoms with Gasteiger partial charge in [-0.2, -0.15) is 0 Å². The third-order valence-corrected chi connectivity index (χ3v) is 4.05. The quantitative estimate of drug-likeness (QED) is 0.777. The number of benzene rings is 1. The van der Waals surface area contributed by atoms with Crippen LogP contribution in [0.5, 0.6) is 5.75 Å². The monoisotopic (exact) mass is 335 g/mol. The van der Waals surface area contributed by atoms with Crippen LogP contribution in [0, 0.1) is 0 Å². The zero-order valence-corrected chi connectivity index (χ0v) is 15.0. The maximum absolute atomic E-state index is 12.2. The number of hydrogen-bond acceptors (Lipinski definition) is 4. The molecule has 1 fully saturated rings. The number of nitrogens with one attached hydrogen (secondary N) is 1. The van der Waals surface area contributed by atoms with E-state index in [4.69, 9.17) is 9.47 Å². The van der Waals surface area contributed by atoms with Crippen molar-refractivity contribution in [2.75, 3.05) is 51.3 Å². The van der Waals surface area contributed by atoms with Gasteiger partial charge in [0.1, 0.15) is 5.75 Å². The lowest BCUT2D eigenvalue weighted by molar-refractivity contribution is 0.0771. The van der Waals surface area contributed by atoms with Gasteiger partial charge in [-0.25, -0.2) is 4.79 Å². The number of hydrogen-bond donors (Lipinski definition) is 1. The minimum Gasteiger partial charge on any atom is -0.497 e. The molecule has 0 aromatic heterocycles. The molecule has 1 aliphatic rings. The Bertz CT molecular complexity index is 497. The van der Waals surface area contributed by atoms with E-state index < -0.39 is 0 Å². The minimum atomic E-state index is 0.0222. The van der Waals surface area contributed by atoms with Crippen molar-refractivity contribution in [3.05, 3.63) is 24.3 Å². The Morgan fingerprint density at radius 2 is 1.83 bits per heavy atom. The van der Waals surface area contributed by atoms with Gasteiger partial charge in [-0.1, -0.05) is 0 Å². The average molecular weight is 335 g/mol. The van der Waals surface area contributed by atoms with E-state index in [1.807, 2.05) is 30.9 Å². The number of piperazine rings is 1. The van der Waals surface area contributed by atoms with Gasteiger partial charge in [0.25, 0.3) is 0 Å². The van der Waals surface area contributed by atoms with Crippen LogP contribution in [0.15, 0.2) is 24.3 Å². The minimum absolute atomic E-state index is 0.0222. The predicted octanol–water partition coefficient (Wildman–Crippen LogP) is 2.34. The fourth-order valence-corrected chi connectivity index (χ4v) is 2.66. The third kappa shape index (κ3) is 5.60. The molecular weight excluding hydrogens is 306 g/mol. The molecule has 1 N–H and O–H groups in total. The largest absolute Gasteiger partial charge is 0.497 e. The highest BCUT2D eigenvalue weighted by molar-refractivity contribution is 5.74. The smallest absolute Gasteiger partial charge is 0.317 e. The van der Waals surface area contributed by atoms with Gasteiger partial charge in [0.05, 0.1) is 13.2 Å². The van der Waals surface area contributed by atoms with Crippen molar-refractivity contribution in [1.82, 2.24) is 10.2 Å². The molecule has 24 heavy (non-hydrogen) atoms. The summed E-state index contributed by atoms with van der Waals surface area (Å²) in [5.41, 5.74) is 1.17. The molecular formula is C18H29N3O3. The first-order chi connectivity index (χ1) is 11.6. The Morgan fingerprint density at radius 1 is 1.17 bits per heavy atom. The van der Waals surface area contributed by atoms with Crippen molar-refractivity contribution in [3.63, 3.8) is 0 Å². The van der Waals surface area contributed by atoms with Gasteiger partial charge in [0, 0.05) is 45.0 Å². The first kappa shape index (κ1) is 18.4. The van der Waals surface area contributed by atoms with Crippen LogP contribution in [0.2, 0.25) is 0 Å². The second-order valence-electron chi connectivity index (χ2n) is 6.18. The lowest BCUT2D eigenvalue weighted by atomic mass is 10.2. The number of rotatable bonds is 7. The zero-order chi connectivity index (χ0) is 17.4. The molecule has 2 amide bonds. The molecule has 1 saturated heterocycles. The van der Waals surface area contributed by atoms with Crippen LogP contribution in [-0.4, -0.2) is 63.5 Å². The van der Waals surface area contributed by atoms with E-state index in [0.717, 1.165) is 38.3 Å². The van der Waals surface area contributed by atoms with Crippen LogP contribution in [-0.2, 0) is 4.74 Å². The average Bonchev–Trinajstić information content (AvgIpc) is 2.61. The van der Waals surface area contributed by atoms with E-state index in [0.29, 0.717) is 13.2 Å². The van der Waals surface area contributed by atoms with E-state index >= 15 is 0 Å². The SMILES string of the molecule is COc1ccc(N2CCN(C(=O)NCCCOC(C)C)CC2)cc1. The van der Waals surface area contributed by atoms with Crippen LogP contribution < -0.4 is 15.0 Å². The van der Waals surface area contributed by atoms with Crippen molar-refractivity contribution in [3.8, 4) is 5.75 Å². The number of methoxy groups -OCH3 is 1. The number of ether oxygens (including phenoxy) is 2. The van der Waals surface area contributed by atoms with Gasteiger partial charge in [0.2, 0.25) is 0 Å². The standard InChI is InChI=1S/C18H29N3O3/c1-15(2)24-14-4-9-19-18(22)21-12-10-20(11-13-21)16-5-7-17(23-3)8-6-16/h5-8,15H,4,9-14H2,1-3H3,(H,19,22). The van der Waals surface area contributed by atoms with Gasteiger partial charge in [-0.3, -0.25) is 0 Å². The van der Waals surface area contributed by atoms with E-state index in [-0.39, 0.29) is 12.1 Å². The molecule has 0 radical (unpaired) electrons. The molecule has 0 unspecified atom stereocenters. The molecule has 0 bridgehead atoms. The van der Waals surface area contributed by atoms with Crippen molar-refractivity contribution >= 4 is 11.7 Å². The van der Waals surface area contributed by atoms with Crippen molar-refractivity contribution < 1.29 is 14.3 Å². The summed E-state index contributed by atoms with van der Waals surface area (Å²) >= 11 is 0. The van der Waals surface area contributed by atoms with Crippen molar-refractivity contribution in [2.24, 2.45) is 0 Å². The Hall–Kier alpha value is -1.95. The van der Waals surface area contributed by atoms with Gasteiger partial charge in [0.15, 0.2) is 0 Å². The number of carbonyl (C=O) groups excluding carboxylic acids is 1. The molecule has 0 atom stereocenters. The Morgan fingerprint density at radius 3 is 2.42 bits per heavy atom. The lowest BCUT2D eigenvalue weighted by Crippen LogP contribution is -2.52. The number of carbonyl (C=O) groups is 1. The summed E-state index contributed by atoms with van der Waals surface area (Å²) in [5, 5.41) is 2.97. The number of anilines is 1. The third-order valence-electron chi connectivity index (χ3n) is 4.05. The molecule has 0 spiro atoms. The highest BCUT2D eigenvalue weighted by Crippen LogP contribution is 2.20. The summed E-state index contributed by atoms with van der Waals surface area (Å²) in [5.74, 6) is 0.859. The molecule has 6 heteroatoms. The first-order valence-electron chi connectivity index (χ1n) is 8.63. The van der Waals surface area contributed by atoms with Gasteiger partial charge >= 0.3 is 6.03 Å². The molecule has 1 aromatic carbocycles. The van der Waals surface area contributed by atoms with Crippen LogP contribution in [0.1, 0.15) is 20.3 Å². The lowest BCUT2D eigenvalue weighted by Gasteiger charge is -2.36. The van der Waals surface area contributed by atoms with E-state index in [1.165, 1.54) is 5.69 Å². The zero-order valence-electron chi connectivity index (χ0n) is 15.0. The predicted molar refractivity (Wildman–Crippen MR) is 95.9 cm³/mol. The highest BCUT2D eigenvalue weighted by atomic mass is 16.5. The maximum atomic E-state index is 12.2. The molecule has 2 rings (SSSR count). The van der Waals surface area contributed by atoms with Gasteiger partial charge < -0.3 is 24.6 Å². The summed E-state index contributed by atoms with van der Waals surface area (Å²) in [6.07, 6.45) is 1.09.